The van der Waals surface area contributed by atoms with Gasteiger partial charge in [0.25, 0.3) is 0 Å². The Labute approximate surface area is 109 Å². The monoisotopic (exact) mass is 262 g/mol. The van der Waals surface area contributed by atoms with E-state index in [0.29, 0.717) is 46.1 Å². The van der Waals surface area contributed by atoms with Crippen LogP contribution in [0.4, 0.5) is 0 Å². The molecule has 0 unspecified atom stereocenters. The van der Waals surface area contributed by atoms with Gasteiger partial charge in [-0.3, -0.25) is 4.79 Å². The van der Waals surface area contributed by atoms with Crippen molar-refractivity contribution in [2.24, 2.45) is 5.41 Å². The zero-order chi connectivity index (χ0) is 13.9. The van der Waals surface area contributed by atoms with Gasteiger partial charge in [-0.15, -0.1) is 0 Å². The molecule has 0 aromatic heterocycles. The summed E-state index contributed by atoms with van der Waals surface area (Å²) in [4.78, 5) is 11.6. The minimum atomic E-state index is -0.288. The van der Waals surface area contributed by atoms with E-state index in [1.807, 2.05) is 20.8 Å². The van der Waals surface area contributed by atoms with E-state index in [9.17, 15) is 4.79 Å². The molecule has 0 heterocycles. The first kappa shape index (κ1) is 17.5. The SMILES string of the molecule is CC(C)(C)C(=O)CCOCCOCCOCCO. The first-order chi connectivity index (χ1) is 8.48. The van der Waals surface area contributed by atoms with Crippen LogP contribution in [0.3, 0.4) is 0 Å². The van der Waals surface area contributed by atoms with Crippen LogP contribution in [0.1, 0.15) is 27.2 Å². The lowest BCUT2D eigenvalue weighted by Gasteiger charge is -2.16. The van der Waals surface area contributed by atoms with E-state index in [4.69, 9.17) is 19.3 Å². The van der Waals surface area contributed by atoms with E-state index in [1.165, 1.54) is 0 Å². The van der Waals surface area contributed by atoms with Crippen molar-refractivity contribution < 1.29 is 24.1 Å². The number of carbonyl (C=O) groups excluding carboxylic acids is 1. The number of hydrogen-bond donors (Lipinski definition) is 1. The van der Waals surface area contributed by atoms with Gasteiger partial charge >= 0.3 is 0 Å². The molecule has 18 heavy (non-hydrogen) atoms. The highest BCUT2D eigenvalue weighted by atomic mass is 16.5. The predicted octanol–water partition coefficient (Wildman–Crippen LogP) is 1.03. The van der Waals surface area contributed by atoms with Gasteiger partial charge in [0.1, 0.15) is 5.78 Å². The molecule has 0 rings (SSSR count). The van der Waals surface area contributed by atoms with Crippen LogP contribution < -0.4 is 0 Å². The second-order valence-corrected chi connectivity index (χ2v) is 4.98. The Bertz CT molecular complexity index is 210. The summed E-state index contributed by atoms with van der Waals surface area (Å²) in [7, 11) is 0. The van der Waals surface area contributed by atoms with Gasteiger partial charge in [0.05, 0.1) is 46.2 Å². The Morgan fingerprint density at radius 2 is 1.33 bits per heavy atom. The molecule has 5 heteroatoms. The molecule has 0 saturated carbocycles. The lowest BCUT2D eigenvalue weighted by molar-refractivity contribution is -0.127. The lowest BCUT2D eigenvalue weighted by Crippen LogP contribution is -2.21. The van der Waals surface area contributed by atoms with E-state index in [0.717, 1.165) is 0 Å². The van der Waals surface area contributed by atoms with Gasteiger partial charge in [0.2, 0.25) is 0 Å². The third-order valence-corrected chi connectivity index (χ3v) is 2.29. The largest absolute Gasteiger partial charge is 0.394 e. The minimum Gasteiger partial charge on any atom is -0.394 e. The highest BCUT2D eigenvalue weighted by Crippen LogP contribution is 2.16. The second-order valence-electron chi connectivity index (χ2n) is 4.98. The molecule has 0 bridgehead atoms. The van der Waals surface area contributed by atoms with Crippen LogP contribution in [0, 0.1) is 5.41 Å². The number of hydrogen-bond acceptors (Lipinski definition) is 5. The summed E-state index contributed by atoms with van der Waals surface area (Å²) >= 11 is 0. The van der Waals surface area contributed by atoms with Crippen molar-refractivity contribution in [3.63, 3.8) is 0 Å². The number of rotatable bonds is 11. The fraction of sp³-hybridized carbons (Fsp3) is 0.923. The molecule has 0 saturated heterocycles. The number of Topliss-reactive ketones (excluding diaryl/α,β-unsaturated/α-hetero) is 1. The van der Waals surface area contributed by atoms with Gasteiger partial charge in [0, 0.05) is 11.8 Å². The van der Waals surface area contributed by atoms with Crippen LogP contribution in [0.25, 0.3) is 0 Å². The molecule has 0 atom stereocenters. The Balaban J connectivity index is 3.19. The molecule has 0 aromatic rings. The van der Waals surface area contributed by atoms with Gasteiger partial charge in [-0.2, -0.15) is 0 Å². The fourth-order valence-corrected chi connectivity index (χ4v) is 1.15. The number of aliphatic hydroxyl groups excluding tert-OH is 1. The van der Waals surface area contributed by atoms with Crippen LogP contribution in [0.15, 0.2) is 0 Å². The van der Waals surface area contributed by atoms with Crippen molar-refractivity contribution >= 4 is 5.78 Å². The van der Waals surface area contributed by atoms with Crippen molar-refractivity contribution in [2.75, 3.05) is 46.2 Å². The first-order valence-corrected chi connectivity index (χ1v) is 6.36. The molecule has 0 aliphatic heterocycles. The molecule has 0 aromatic carbocycles. The van der Waals surface area contributed by atoms with Gasteiger partial charge in [0.15, 0.2) is 0 Å². The summed E-state index contributed by atoms with van der Waals surface area (Å²) in [5, 5.41) is 8.45. The Kier molecular flexibility index (Phi) is 10.2. The normalized spacial score (nSPS) is 11.8. The van der Waals surface area contributed by atoms with Crippen molar-refractivity contribution in [3.8, 4) is 0 Å². The number of ketones is 1. The smallest absolute Gasteiger partial charge is 0.140 e. The molecule has 0 aliphatic rings. The van der Waals surface area contributed by atoms with Gasteiger partial charge in [-0.05, 0) is 0 Å². The van der Waals surface area contributed by atoms with Gasteiger partial charge < -0.3 is 19.3 Å². The second kappa shape index (κ2) is 10.4. The lowest BCUT2D eigenvalue weighted by atomic mass is 9.89. The number of ether oxygens (including phenoxy) is 3. The maximum absolute atomic E-state index is 11.6. The summed E-state index contributed by atoms with van der Waals surface area (Å²) in [6, 6.07) is 0. The Hall–Kier alpha value is -0.490. The highest BCUT2D eigenvalue weighted by Gasteiger charge is 2.20. The van der Waals surface area contributed by atoms with E-state index in [1.54, 1.807) is 0 Å². The first-order valence-electron chi connectivity index (χ1n) is 6.36. The van der Waals surface area contributed by atoms with Gasteiger partial charge in [-0.1, -0.05) is 20.8 Å². The maximum atomic E-state index is 11.6. The van der Waals surface area contributed by atoms with Crippen LogP contribution in [-0.2, 0) is 19.0 Å². The topological polar surface area (TPSA) is 65.0 Å². The van der Waals surface area contributed by atoms with Crippen LogP contribution in [0.2, 0.25) is 0 Å². The molecule has 0 aliphatic carbocycles. The van der Waals surface area contributed by atoms with E-state index >= 15 is 0 Å². The molecule has 0 spiro atoms. The Morgan fingerprint density at radius 3 is 1.78 bits per heavy atom. The molecular formula is C13H26O5. The van der Waals surface area contributed by atoms with Crippen molar-refractivity contribution in [1.29, 1.82) is 0 Å². The molecule has 108 valence electrons. The average Bonchev–Trinajstić information content (AvgIpc) is 2.30. The third kappa shape index (κ3) is 10.7. The van der Waals surface area contributed by atoms with Crippen LogP contribution >= 0.6 is 0 Å². The molecule has 1 N–H and O–H groups in total. The van der Waals surface area contributed by atoms with Crippen molar-refractivity contribution in [1.82, 2.24) is 0 Å². The molecule has 0 amide bonds. The van der Waals surface area contributed by atoms with Crippen LogP contribution in [0.5, 0.6) is 0 Å². The summed E-state index contributed by atoms with van der Waals surface area (Å²) in [5.41, 5.74) is -0.288. The highest BCUT2D eigenvalue weighted by molar-refractivity contribution is 5.83. The van der Waals surface area contributed by atoms with Crippen molar-refractivity contribution in [2.45, 2.75) is 27.2 Å². The summed E-state index contributed by atoms with van der Waals surface area (Å²) < 4.78 is 15.6. The molecular weight excluding hydrogens is 236 g/mol. The van der Waals surface area contributed by atoms with E-state index in [2.05, 4.69) is 0 Å². The quantitative estimate of drug-likeness (QED) is 0.563. The molecule has 5 nitrogen and oxygen atoms in total. The molecule has 0 fully saturated rings. The Morgan fingerprint density at radius 1 is 0.889 bits per heavy atom. The average molecular weight is 262 g/mol. The zero-order valence-electron chi connectivity index (χ0n) is 11.7. The standard InChI is InChI=1S/C13H26O5/c1-13(2,3)12(15)4-6-16-8-10-18-11-9-17-7-5-14/h14H,4-11H2,1-3H3. The third-order valence-electron chi connectivity index (χ3n) is 2.29. The minimum absolute atomic E-state index is 0.0327. The zero-order valence-corrected chi connectivity index (χ0v) is 11.7. The van der Waals surface area contributed by atoms with Gasteiger partial charge in [-0.25, -0.2) is 0 Å². The number of aliphatic hydroxyl groups is 1. The maximum Gasteiger partial charge on any atom is 0.140 e. The predicted molar refractivity (Wildman–Crippen MR) is 68.6 cm³/mol. The summed E-state index contributed by atoms with van der Waals surface area (Å²) in [5.74, 6) is 0.209. The summed E-state index contributed by atoms with van der Waals surface area (Å²) in [6.07, 6.45) is 0.448. The van der Waals surface area contributed by atoms with Crippen LogP contribution in [-0.4, -0.2) is 57.1 Å². The van der Waals surface area contributed by atoms with E-state index in [-0.39, 0.29) is 17.8 Å². The van der Waals surface area contributed by atoms with E-state index < -0.39 is 0 Å². The summed E-state index contributed by atoms with van der Waals surface area (Å²) in [6.45, 7) is 8.48. The van der Waals surface area contributed by atoms with Crippen molar-refractivity contribution in [3.05, 3.63) is 0 Å². The fourth-order valence-electron chi connectivity index (χ4n) is 1.15. The number of carbonyl (C=O) groups is 1. The molecule has 0 radical (unpaired) electrons.